The predicted molar refractivity (Wildman–Crippen MR) is 114 cm³/mol. The van der Waals surface area contributed by atoms with E-state index >= 15 is 0 Å². The molecule has 0 radical (unpaired) electrons. The topological polar surface area (TPSA) is 66.9 Å². The summed E-state index contributed by atoms with van der Waals surface area (Å²) in [4.78, 5) is 15.2. The molecule has 0 unspecified atom stereocenters. The van der Waals surface area contributed by atoms with Gasteiger partial charge in [0.2, 0.25) is 10.0 Å². The highest BCUT2D eigenvalue weighted by atomic mass is 32.2. The minimum Gasteiger partial charge on any atom is -0.480 e. The van der Waals surface area contributed by atoms with Crippen molar-refractivity contribution < 1.29 is 17.9 Å². The van der Waals surface area contributed by atoms with Gasteiger partial charge in [0.05, 0.1) is 4.90 Å². The van der Waals surface area contributed by atoms with E-state index in [0.717, 1.165) is 28.1 Å². The van der Waals surface area contributed by atoms with Crippen LogP contribution >= 0.6 is 0 Å². The Bertz CT molecular complexity index is 1030. The molecule has 1 aliphatic heterocycles. The maximum atomic E-state index is 13.2. The van der Waals surface area contributed by atoms with Crippen LogP contribution in [0.15, 0.2) is 41.3 Å². The van der Waals surface area contributed by atoms with Crippen LogP contribution in [0.25, 0.3) is 0 Å². The number of aryl methyl sites for hydroxylation is 1. The van der Waals surface area contributed by atoms with Gasteiger partial charge in [-0.1, -0.05) is 19.1 Å². The molecule has 3 rings (SSSR count). The van der Waals surface area contributed by atoms with E-state index in [1.807, 2.05) is 39.0 Å². The number of sulfonamides is 1. The first-order valence-corrected chi connectivity index (χ1v) is 11.2. The van der Waals surface area contributed by atoms with E-state index in [4.69, 9.17) is 4.74 Å². The average Bonchev–Trinajstić information content (AvgIpc) is 3.11. The van der Waals surface area contributed by atoms with Gasteiger partial charge in [-0.3, -0.25) is 4.79 Å². The molecular weight excluding hydrogens is 388 g/mol. The molecule has 1 heterocycles. The van der Waals surface area contributed by atoms with E-state index in [2.05, 4.69) is 0 Å². The van der Waals surface area contributed by atoms with Crippen LogP contribution in [0.1, 0.15) is 30.0 Å². The van der Waals surface area contributed by atoms with Gasteiger partial charge in [-0.25, -0.2) is 12.7 Å². The monoisotopic (exact) mass is 416 g/mol. The molecule has 0 spiro atoms. The highest BCUT2D eigenvalue weighted by molar-refractivity contribution is 7.89. The molecule has 0 saturated heterocycles. The second-order valence-electron chi connectivity index (χ2n) is 7.53. The number of nitrogens with zero attached hydrogens (tertiary/aromatic N) is 2. The van der Waals surface area contributed by atoms with Gasteiger partial charge in [-0.05, 0) is 67.6 Å². The molecule has 2 aromatic rings. The van der Waals surface area contributed by atoms with Crippen molar-refractivity contribution in [2.24, 2.45) is 0 Å². The van der Waals surface area contributed by atoms with Gasteiger partial charge in [0.1, 0.15) is 5.75 Å². The van der Waals surface area contributed by atoms with Gasteiger partial charge < -0.3 is 9.64 Å². The Balaban J connectivity index is 1.85. The van der Waals surface area contributed by atoms with Crippen molar-refractivity contribution in [2.75, 3.05) is 25.5 Å². The third-order valence-electron chi connectivity index (χ3n) is 5.46. The molecule has 0 aliphatic carbocycles. The lowest BCUT2D eigenvalue weighted by Gasteiger charge is -2.25. The van der Waals surface area contributed by atoms with Gasteiger partial charge in [0, 0.05) is 26.3 Å². The van der Waals surface area contributed by atoms with Crippen LogP contribution in [0.5, 0.6) is 5.75 Å². The fourth-order valence-corrected chi connectivity index (χ4v) is 4.42. The van der Waals surface area contributed by atoms with E-state index in [1.165, 1.54) is 18.4 Å². The first-order chi connectivity index (χ1) is 13.7. The molecule has 1 atom stereocenters. The average molecular weight is 417 g/mol. The summed E-state index contributed by atoms with van der Waals surface area (Å²) in [5, 5.41) is 0. The summed E-state index contributed by atoms with van der Waals surface area (Å²) < 4.78 is 32.1. The van der Waals surface area contributed by atoms with Crippen LogP contribution in [0.3, 0.4) is 0 Å². The molecule has 0 aromatic heterocycles. The molecule has 1 amide bonds. The smallest absolute Gasteiger partial charge is 0.268 e. The van der Waals surface area contributed by atoms with Gasteiger partial charge in [0.15, 0.2) is 6.10 Å². The maximum Gasteiger partial charge on any atom is 0.268 e. The van der Waals surface area contributed by atoms with E-state index in [1.54, 1.807) is 23.1 Å². The van der Waals surface area contributed by atoms with E-state index in [-0.39, 0.29) is 10.8 Å². The second kappa shape index (κ2) is 8.16. The summed E-state index contributed by atoms with van der Waals surface area (Å²) in [5.41, 5.74) is 3.77. The predicted octanol–water partition coefficient (Wildman–Crippen LogP) is 3.30. The summed E-state index contributed by atoms with van der Waals surface area (Å²) in [6, 6.07) is 10.8. The third-order valence-corrected chi connectivity index (χ3v) is 7.27. The zero-order chi connectivity index (χ0) is 21.3. The number of rotatable bonds is 6. The fraction of sp³-hybridized carbons (Fsp3) is 0.409. The van der Waals surface area contributed by atoms with Crippen LogP contribution < -0.4 is 9.64 Å². The number of hydrogen-bond donors (Lipinski definition) is 0. The molecule has 156 valence electrons. The molecule has 0 fully saturated rings. The molecule has 0 bridgehead atoms. The highest BCUT2D eigenvalue weighted by Gasteiger charge is 2.32. The molecule has 0 saturated carbocycles. The number of hydrogen-bond acceptors (Lipinski definition) is 4. The molecular formula is C22H28N2O4S. The summed E-state index contributed by atoms with van der Waals surface area (Å²) >= 11 is 0. The Kier molecular flexibility index (Phi) is 6.00. The lowest BCUT2D eigenvalue weighted by Crippen LogP contribution is -2.41. The van der Waals surface area contributed by atoms with E-state index < -0.39 is 16.1 Å². The summed E-state index contributed by atoms with van der Waals surface area (Å²) in [5.74, 6) is 0.618. The standard InChI is InChI=1S/C22H28N2O4S/c1-6-20(28-21-9-7-8-15(2)16(21)3)22(25)24-13-12-17-14-18(10-11-19(17)24)29(26,27)23(4)5/h7-11,14,20H,6,12-13H2,1-5H3/t20-/m0/s1. The van der Waals surface area contributed by atoms with Crippen molar-refractivity contribution in [1.29, 1.82) is 0 Å². The Morgan fingerprint density at radius 2 is 1.93 bits per heavy atom. The van der Waals surface area contributed by atoms with Crippen molar-refractivity contribution in [2.45, 2.75) is 44.6 Å². The third kappa shape index (κ3) is 4.02. The lowest BCUT2D eigenvalue weighted by atomic mass is 10.1. The molecule has 0 N–H and O–H groups in total. The molecule has 6 nitrogen and oxygen atoms in total. The number of amides is 1. The first kappa shape index (κ1) is 21.3. The first-order valence-electron chi connectivity index (χ1n) is 9.76. The number of fused-ring (bicyclic) bond motifs is 1. The fourth-order valence-electron chi connectivity index (χ4n) is 3.47. The Morgan fingerprint density at radius 3 is 2.59 bits per heavy atom. The summed E-state index contributed by atoms with van der Waals surface area (Å²) in [6.45, 7) is 6.45. The zero-order valence-corrected chi connectivity index (χ0v) is 18.4. The van der Waals surface area contributed by atoms with Crippen molar-refractivity contribution in [3.05, 3.63) is 53.1 Å². The number of ether oxygens (including phenoxy) is 1. The Labute approximate surface area is 173 Å². The normalized spacial score (nSPS) is 14.8. The van der Waals surface area contributed by atoms with Crippen LogP contribution in [-0.2, 0) is 21.2 Å². The van der Waals surface area contributed by atoms with Gasteiger partial charge in [-0.15, -0.1) is 0 Å². The minimum atomic E-state index is -3.50. The summed E-state index contributed by atoms with van der Waals surface area (Å²) in [7, 11) is -0.484. The number of anilines is 1. The molecule has 29 heavy (non-hydrogen) atoms. The van der Waals surface area contributed by atoms with Crippen molar-refractivity contribution in [3.63, 3.8) is 0 Å². The van der Waals surface area contributed by atoms with Crippen LogP contribution in [0, 0.1) is 13.8 Å². The SMILES string of the molecule is CC[C@H](Oc1cccc(C)c1C)C(=O)N1CCc2cc(S(=O)(=O)N(C)C)ccc21. The van der Waals surface area contributed by atoms with Gasteiger partial charge in [-0.2, -0.15) is 0 Å². The van der Waals surface area contributed by atoms with Crippen LogP contribution in [0.4, 0.5) is 5.69 Å². The molecule has 2 aromatic carbocycles. The van der Waals surface area contributed by atoms with Gasteiger partial charge >= 0.3 is 0 Å². The van der Waals surface area contributed by atoms with Crippen molar-refractivity contribution in [3.8, 4) is 5.75 Å². The Morgan fingerprint density at radius 1 is 1.21 bits per heavy atom. The largest absolute Gasteiger partial charge is 0.480 e. The van der Waals surface area contributed by atoms with Crippen LogP contribution in [-0.4, -0.2) is 45.4 Å². The lowest BCUT2D eigenvalue weighted by molar-refractivity contribution is -0.125. The van der Waals surface area contributed by atoms with E-state index in [0.29, 0.717) is 19.4 Å². The number of carbonyl (C=O) groups excluding carboxylic acids is 1. The molecule has 1 aliphatic rings. The molecule has 7 heteroatoms. The van der Waals surface area contributed by atoms with Crippen LogP contribution in [0.2, 0.25) is 0 Å². The number of benzene rings is 2. The quantitative estimate of drug-likeness (QED) is 0.725. The van der Waals surface area contributed by atoms with Crippen molar-refractivity contribution >= 4 is 21.6 Å². The van der Waals surface area contributed by atoms with Crippen molar-refractivity contribution in [1.82, 2.24) is 4.31 Å². The number of carbonyl (C=O) groups is 1. The summed E-state index contributed by atoms with van der Waals surface area (Å²) in [6.07, 6.45) is 0.578. The highest BCUT2D eigenvalue weighted by Crippen LogP contribution is 2.32. The zero-order valence-electron chi connectivity index (χ0n) is 17.6. The maximum absolute atomic E-state index is 13.2. The van der Waals surface area contributed by atoms with E-state index in [9.17, 15) is 13.2 Å². The minimum absolute atomic E-state index is 0.102. The Hall–Kier alpha value is -2.38. The second-order valence-corrected chi connectivity index (χ2v) is 9.68. The van der Waals surface area contributed by atoms with Gasteiger partial charge in [0.25, 0.3) is 5.91 Å².